The number of aromatic carboxylic acids is 1. The Hall–Kier alpha value is -2.21. The lowest BCUT2D eigenvalue weighted by Crippen LogP contribution is -2.06. The predicted octanol–water partition coefficient (Wildman–Crippen LogP) is 1.78. The lowest BCUT2D eigenvalue weighted by molar-refractivity contribution is 0.0695. The minimum absolute atomic E-state index is 0.0483. The number of rotatable bonds is 3. The fourth-order valence-corrected chi connectivity index (χ4v) is 2.37. The van der Waals surface area contributed by atoms with Gasteiger partial charge in [0.1, 0.15) is 5.56 Å². The molecule has 1 atom stereocenters. The van der Waals surface area contributed by atoms with E-state index in [4.69, 9.17) is 4.74 Å². The first-order valence-corrected chi connectivity index (χ1v) is 6.49. The van der Waals surface area contributed by atoms with E-state index in [-0.39, 0.29) is 11.5 Å². The Morgan fingerprint density at radius 3 is 3.05 bits per heavy atom. The fourth-order valence-electron chi connectivity index (χ4n) is 2.37. The summed E-state index contributed by atoms with van der Waals surface area (Å²) in [4.78, 5) is 15.6. The van der Waals surface area contributed by atoms with Crippen molar-refractivity contribution in [3.05, 3.63) is 41.3 Å². The van der Waals surface area contributed by atoms with Gasteiger partial charge in [-0.3, -0.25) is 0 Å². The van der Waals surface area contributed by atoms with Gasteiger partial charge in [-0.25, -0.2) is 14.5 Å². The number of aryl methyl sites for hydroxylation is 1. The van der Waals surface area contributed by atoms with Gasteiger partial charge in [0.05, 0.1) is 12.3 Å². The van der Waals surface area contributed by atoms with Crippen molar-refractivity contribution >= 4 is 5.97 Å². The Balaban J connectivity index is 2.05. The van der Waals surface area contributed by atoms with Gasteiger partial charge in [0.2, 0.25) is 0 Å². The van der Waals surface area contributed by atoms with Crippen LogP contribution in [0.1, 0.15) is 34.0 Å². The Labute approximate surface area is 116 Å². The normalized spacial score (nSPS) is 18.4. The zero-order valence-electron chi connectivity index (χ0n) is 11.1. The van der Waals surface area contributed by atoms with Crippen molar-refractivity contribution in [3.8, 4) is 5.82 Å². The zero-order valence-corrected chi connectivity index (χ0v) is 11.1. The number of hydrogen-bond acceptors (Lipinski definition) is 4. The van der Waals surface area contributed by atoms with Crippen LogP contribution < -0.4 is 0 Å². The molecule has 6 heteroatoms. The van der Waals surface area contributed by atoms with Crippen LogP contribution >= 0.6 is 0 Å². The largest absolute Gasteiger partial charge is 0.478 e. The Bertz CT molecular complexity index is 645. The molecule has 3 rings (SSSR count). The molecule has 1 saturated heterocycles. The maximum atomic E-state index is 11.4. The number of carboxylic acid groups (broad SMARTS) is 1. The van der Waals surface area contributed by atoms with Gasteiger partial charge in [0.15, 0.2) is 5.82 Å². The average molecular weight is 273 g/mol. The molecule has 3 heterocycles. The Morgan fingerprint density at radius 1 is 1.55 bits per heavy atom. The van der Waals surface area contributed by atoms with Crippen LogP contribution in [0.5, 0.6) is 0 Å². The third-order valence-corrected chi connectivity index (χ3v) is 3.43. The first-order valence-electron chi connectivity index (χ1n) is 6.49. The molecular weight excluding hydrogens is 258 g/mol. The molecule has 20 heavy (non-hydrogen) atoms. The lowest BCUT2D eigenvalue weighted by atomic mass is 10.0. The second kappa shape index (κ2) is 5.05. The van der Waals surface area contributed by atoms with E-state index in [1.807, 2.05) is 19.1 Å². The van der Waals surface area contributed by atoms with Crippen molar-refractivity contribution in [2.45, 2.75) is 19.3 Å². The molecule has 0 saturated carbocycles. The summed E-state index contributed by atoms with van der Waals surface area (Å²) in [5, 5.41) is 13.7. The van der Waals surface area contributed by atoms with Crippen molar-refractivity contribution in [2.75, 3.05) is 13.2 Å². The topological polar surface area (TPSA) is 77.2 Å². The molecule has 1 unspecified atom stereocenters. The predicted molar refractivity (Wildman–Crippen MR) is 71.2 cm³/mol. The molecule has 2 aromatic rings. The molecule has 104 valence electrons. The van der Waals surface area contributed by atoms with Gasteiger partial charge < -0.3 is 9.84 Å². The van der Waals surface area contributed by atoms with E-state index < -0.39 is 5.97 Å². The second-order valence-electron chi connectivity index (χ2n) is 4.93. The van der Waals surface area contributed by atoms with E-state index >= 15 is 0 Å². The molecule has 0 radical (unpaired) electrons. The summed E-state index contributed by atoms with van der Waals surface area (Å²) in [5.74, 6) is -0.296. The van der Waals surface area contributed by atoms with E-state index in [0.717, 1.165) is 12.0 Å². The molecular formula is C14H15N3O3. The number of carbonyl (C=O) groups is 1. The van der Waals surface area contributed by atoms with Crippen molar-refractivity contribution in [2.24, 2.45) is 0 Å². The van der Waals surface area contributed by atoms with Gasteiger partial charge in [-0.1, -0.05) is 0 Å². The molecule has 6 nitrogen and oxygen atoms in total. The molecule has 0 amide bonds. The van der Waals surface area contributed by atoms with Crippen LogP contribution in [0.25, 0.3) is 5.82 Å². The summed E-state index contributed by atoms with van der Waals surface area (Å²) in [6.45, 7) is 3.14. The highest BCUT2D eigenvalue weighted by Crippen LogP contribution is 2.27. The number of aromatic nitrogens is 3. The van der Waals surface area contributed by atoms with E-state index in [1.54, 1.807) is 6.20 Å². The van der Waals surface area contributed by atoms with Crippen LogP contribution in [0.4, 0.5) is 0 Å². The maximum Gasteiger partial charge on any atom is 0.339 e. The summed E-state index contributed by atoms with van der Waals surface area (Å²) in [6, 6.07) is 3.75. The number of hydrogen-bond donors (Lipinski definition) is 1. The first-order chi connectivity index (χ1) is 9.65. The summed E-state index contributed by atoms with van der Waals surface area (Å²) >= 11 is 0. The quantitative estimate of drug-likeness (QED) is 0.922. The third-order valence-electron chi connectivity index (χ3n) is 3.43. The summed E-state index contributed by atoms with van der Waals surface area (Å²) in [7, 11) is 0. The molecule has 1 aliphatic heterocycles. The highest BCUT2D eigenvalue weighted by molar-refractivity contribution is 5.89. The van der Waals surface area contributed by atoms with Crippen LogP contribution in [0.3, 0.4) is 0 Å². The highest BCUT2D eigenvalue weighted by atomic mass is 16.5. The fraction of sp³-hybridized carbons (Fsp3) is 0.357. The van der Waals surface area contributed by atoms with Crippen molar-refractivity contribution < 1.29 is 14.6 Å². The first kappa shape index (κ1) is 12.8. The maximum absolute atomic E-state index is 11.4. The Kier molecular flexibility index (Phi) is 3.23. The van der Waals surface area contributed by atoms with Crippen LogP contribution in [0.2, 0.25) is 0 Å². The molecule has 1 N–H and O–H groups in total. The van der Waals surface area contributed by atoms with Crippen molar-refractivity contribution in [1.29, 1.82) is 0 Å². The monoisotopic (exact) mass is 273 g/mol. The highest BCUT2D eigenvalue weighted by Gasteiger charge is 2.27. The average Bonchev–Trinajstić information content (AvgIpc) is 3.08. The summed E-state index contributed by atoms with van der Waals surface area (Å²) < 4.78 is 6.85. The lowest BCUT2D eigenvalue weighted by Gasteiger charge is -2.04. The molecule has 0 aromatic carbocycles. The molecule has 1 aliphatic rings. The second-order valence-corrected chi connectivity index (χ2v) is 4.93. The molecule has 0 aliphatic carbocycles. The molecule has 2 aromatic heterocycles. The summed E-state index contributed by atoms with van der Waals surface area (Å²) in [5.41, 5.74) is 1.86. The molecule has 1 fully saturated rings. The number of pyridine rings is 1. The van der Waals surface area contributed by atoms with Crippen molar-refractivity contribution in [1.82, 2.24) is 14.8 Å². The number of nitrogens with zero attached hydrogens (tertiary/aromatic N) is 3. The van der Waals surface area contributed by atoms with Gasteiger partial charge in [0.25, 0.3) is 0 Å². The smallest absolute Gasteiger partial charge is 0.339 e. The van der Waals surface area contributed by atoms with Gasteiger partial charge in [-0.2, -0.15) is 5.10 Å². The Morgan fingerprint density at radius 2 is 2.40 bits per heavy atom. The third kappa shape index (κ3) is 2.30. The minimum atomic E-state index is -0.967. The van der Waals surface area contributed by atoms with Gasteiger partial charge in [0, 0.05) is 24.9 Å². The SMILES string of the molecule is Cc1ccnc(-n2cc(C(=O)O)c(C3CCOC3)n2)c1. The van der Waals surface area contributed by atoms with Crippen molar-refractivity contribution in [3.63, 3.8) is 0 Å². The summed E-state index contributed by atoms with van der Waals surface area (Å²) in [6.07, 6.45) is 4.02. The molecule has 0 spiro atoms. The molecule has 0 bridgehead atoms. The van der Waals surface area contributed by atoms with Crippen LogP contribution in [-0.2, 0) is 4.74 Å². The van der Waals surface area contributed by atoms with Crippen LogP contribution in [0.15, 0.2) is 24.5 Å². The van der Waals surface area contributed by atoms with E-state index in [9.17, 15) is 9.90 Å². The van der Waals surface area contributed by atoms with Crippen LogP contribution in [0, 0.1) is 6.92 Å². The number of ether oxygens (including phenoxy) is 1. The standard InChI is InChI=1S/C14H15N3O3/c1-9-2-4-15-12(6-9)17-7-11(14(18)19)13(16-17)10-3-5-20-8-10/h2,4,6-7,10H,3,5,8H2,1H3,(H,18,19). The number of carboxylic acids is 1. The van der Waals surface area contributed by atoms with Gasteiger partial charge in [-0.15, -0.1) is 0 Å². The minimum Gasteiger partial charge on any atom is -0.478 e. The van der Waals surface area contributed by atoms with E-state index in [1.165, 1.54) is 10.9 Å². The van der Waals surface area contributed by atoms with Gasteiger partial charge in [-0.05, 0) is 31.0 Å². The zero-order chi connectivity index (χ0) is 14.1. The van der Waals surface area contributed by atoms with Gasteiger partial charge >= 0.3 is 5.97 Å². The van der Waals surface area contributed by atoms with E-state index in [0.29, 0.717) is 24.7 Å². The van der Waals surface area contributed by atoms with E-state index in [2.05, 4.69) is 10.1 Å². The van der Waals surface area contributed by atoms with Crippen LogP contribution in [-0.4, -0.2) is 39.1 Å².